The van der Waals surface area contributed by atoms with Gasteiger partial charge in [-0.3, -0.25) is 13.9 Å². The van der Waals surface area contributed by atoms with Gasteiger partial charge >= 0.3 is 0 Å². The van der Waals surface area contributed by atoms with Crippen molar-refractivity contribution in [2.75, 3.05) is 17.1 Å². The summed E-state index contributed by atoms with van der Waals surface area (Å²) in [5.41, 5.74) is 1.14. The highest BCUT2D eigenvalue weighted by molar-refractivity contribution is 7.92. The molecule has 178 valence electrons. The maximum atomic E-state index is 13.5. The van der Waals surface area contributed by atoms with Crippen LogP contribution in [-0.2, 0) is 26.2 Å². The summed E-state index contributed by atoms with van der Waals surface area (Å²) < 4.78 is 26.1. The van der Waals surface area contributed by atoms with E-state index in [9.17, 15) is 18.0 Å². The van der Waals surface area contributed by atoms with E-state index >= 15 is 0 Å². The molecule has 1 fully saturated rings. The molecule has 2 aromatic carbocycles. The van der Waals surface area contributed by atoms with E-state index in [0.717, 1.165) is 41.8 Å². The van der Waals surface area contributed by atoms with E-state index in [0.29, 0.717) is 10.7 Å². The molecule has 33 heavy (non-hydrogen) atoms. The zero-order chi connectivity index (χ0) is 24.0. The van der Waals surface area contributed by atoms with Crippen LogP contribution in [0.4, 0.5) is 5.69 Å². The number of carbonyl (C=O) groups is 2. The highest BCUT2D eigenvalue weighted by atomic mass is 35.5. The second-order valence-electron chi connectivity index (χ2n) is 8.42. The number of sulfonamides is 1. The van der Waals surface area contributed by atoms with E-state index in [1.807, 2.05) is 30.3 Å². The quantitative estimate of drug-likeness (QED) is 0.580. The van der Waals surface area contributed by atoms with Crippen LogP contribution in [0, 0.1) is 0 Å². The molecule has 3 rings (SSSR count). The highest BCUT2D eigenvalue weighted by Crippen LogP contribution is 2.23. The van der Waals surface area contributed by atoms with E-state index in [4.69, 9.17) is 11.6 Å². The van der Waals surface area contributed by atoms with E-state index < -0.39 is 28.5 Å². The van der Waals surface area contributed by atoms with Crippen molar-refractivity contribution < 1.29 is 18.0 Å². The molecule has 0 radical (unpaired) electrons. The summed E-state index contributed by atoms with van der Waals surface area (Å²) >= 11 is 6.05. The molecule has 0 heterocycles. The van der Waals surface area contributed by atoms with Crippen molar-refractivity contribution in [2.45, 2.75) is 51.2 Å². The van der Waals surface area contributed by atoms with Crippen LogP contribution in [-0.4, -0.2) is 50.0 Å². The van der Waals surface area contributed by atoms with Gasteiger partial charge in [0.05, 0.1) is 11.9 Å². The van der Waals surface area contributed by atoms with Crippen LogP contribution in [0.15, 0.2) is 54.6 Å². The predicted molar refractivity (Wildman–Crippen MR) is 130 cm³/mol. The third kappa shape index (κ3) is 6.95. The Kier molecular flexibility index (Phi) is 8.37. The molecule has 0 spiro atoms. The molecule has 0 aromatic heterocycles. The summed E-state index contributed by atoms with van der Waals surface area (Å²) in [5, 5.41) is 3.40. The maximum Gasteiger partial charge on any atom is 0.244 e. The first-order valence-corrected chi connectivity index (χ1v) is 13.2. The SMILES string of the molecule is C[C@@H](C(=O)NC1CCCC1)N(Cc1ccccc1)C(=O)CN(c1cccc(Cl)c1)S(C)(=O)=O. The van der Waals surface area contributed by atoms with Crippen molar-refractivity contribution >= 4 is 39.1 Å². The van der Waals surface area contributed by atoms with E-state index in [2.05, 4.69) is 5.32 Å². The van der Waals surface area contributed by atoms with Crippen LogP contribution in [0.1, 0.15) is 38.2 Å². The molecule has 9 heteroatoms. The maximum absolute atomic E-state index is 13.5. The molecular formula is C24H30ClN3O4S. The lowest BCUT2D eigenvalue weighted by Crippen LogP contribution is -2.52. The van der Waals surface area contributed by atoms with Crippen LogP contribution >= 0.6 is 11.6 Å². The lowest BCUT2D eigenvalue weighted by Gasteiger charge is -2.32. The van der Waals surface area contributed by atoms with Crippen molar-refractivity contribution in [1.29, 1.82) is 0 Å². The van der Waals surface area contributed by atoms with Gasteiger partial charge in [-0.25, -0.2) is 8.42 Å². The van der Waals surface area contributed by atoms with Crippen molar-refractivity contribution in [1.82, 2.24) is 10.2 Å². The van der Waals surface area contributed by atoms with Gasteiger partial charge in [0.15, 0.2) is 0 Å². The number of amides is 2. The van der Waals surface area contributed by atoms with Gasteiger partial charge in [-0.05, 0) is 43.5 Å². The van der Waals surface area contributed by atoms with Crippen LogP contribution < -0.4 is 9.62 Å². The molecule has 1 saturated carbocycles. The molecule has 2 amide bonds. The van der Waals surface area contributed by atoms with Gasteiger partial charge in [0.1, 0.15) is 12.6 Å². The lowest BCUT2D eigenvalue weighted by atomic mass is 10.1. The Hall–Kier alpha value is -2.58. The number of nitrogens with one attached hydrogen (secondary N) is 1. The van der Waals surface area contributed by atoms with Crippen LogP contribution in [0.25, 0.3) is 0 Å². The Labute approximate surface area is 200 Å². The molecule has 7 nitrogen and oxygen atoms in total. The number of halogens is 1. The Bertz CT molecular complexity index is 1070. The van der Waals surface area contributed by atoms with E-state index in [-0.39, 0.29) is 18.5 Å². The molecule has 1 N–H and O–H groups in total. The fourth-order valence-electron chi connectivity index (χ4n) is 4.00. The number of rotatable bonds is 9. The normalized spacial score (nSPS) is 15.1. The smallest absolute Gasteiger partial charge is 0.244 e. The average molecular weight is 492 g/mol. The van der Waals surface area contributed by atoms with Gasteiger partial charge < -0.3 is 10.2 Å². The second-order valence-corrected chi connectivity index (χ2v) is 10.8. The van der Waals surface area contributed by atoms with E-state index in [1.165, 1.54) is 11.0 Å². The molecule has 0 saturated heterocycles. The van der Waals surface area contributed by atoms with Gasteiger partial charge in [0.25, 0.3) is 0 Å². The van der Waals surface area contributed by atoms with Gasteiger partial charge in [-0.15, -0.1) is 0 Å². The molecular weight excluding hydrogens is 462 g/mol. The number of carbonyl (C=O) groups excluding carboxylic acids is 2. The topological polar surface area (TPSA) is 86.8 Å². The average Bonchev–Trinajstić information content (AvgIpc) is 3.28. The minimum atomic E-state index is -3.77. The van der Waals surface area contributed by atoms with E-state index in [1.54, 1.807) is 25.1 Å². The second kappa shape index (κ2) is 11.0. The number of benzene rings is 2. The minimum Gasteiger partial charge on any atom is -0.352 e. The zero-order valence-electron chi connectivity index (χ0n) is 18.9. The molecule has 1 aliphatic carbocycles. The van der Waals surface area contributed by atoms with Gasteiger partial charge in [0.2, 0.25) is 21.8 Å². The third-order valence-corrected chi connectivity index (χ3v) is 7.22. The zero-order valence-corrected chi connectivity index (χ0v) is 20.5. The van der Waals surface area contributed by atoms with Crippen LogP contribution in [0.3, 0.4) is 0 Å². The molecule has 0 unspecified atom stereocenters. The predicted octanol–water partition coefficient (Wildman–Crippen LogP) is 3.58. The number of nitrogens with zero attached hydrogens (tertiary/aromatic N) is 2. The Morgan fingerprint density at radius 1 is 1.09 bits per heavy atom. The monoisotopic (exact) mass is 491 g/mol. The van der Waals surface area contributed by atoms with Crippen molar-refractivity contribution in [3.63, 3.8) is 0 Å². The Morgan fingerprint density at radius 2 is 1.76 bits per heavy atom. The fourth-order valence-corrected chi connectivity index (χ4v) is 5.03. The van der Waals surface area contributed by atoms with Crippen molar-refractivity contribution in [2.24, 2.45) is 0 Å². The number of anilines is 1. The van der Waals surface area contributed by atoms with Crippen LogP contribution in [0.5, 0.6) is 0 Å². The highest BCUT2D eigenvalue weighted by Gasteiger charge is 2.31. The number of hydrogen-bond acceptors (Lipinski definition) is 4. The number of hydrogen-bond donors (Lipinski definition) is 1. The van der Waals surface area contributed by atoms with Gasteiger partial charge in [-0.2, -0.15) is 0 Å². The Morgan fingerprint density at radius 3 is 2.36 bits per heavy atom. The molecule has 1 aliphatic rings. The summed E-state index contributed by atoms with van der Waals surface area (Å²) in [7, 11) is -3.77. The van der Waals surface area contributed by atoms with Gasteiger partial charge in [0, 0.05) is 17.6 Å². The van der Waals surface area contributed by atoms with Crippen LogP contribution in [0.2, 0.25) is 5.02 Å². The molecule has 0 bridgehead atoms. The fraction of sp³-hybridized carbons (Fsp3) is 0.417. The summed E-state index contributed by atoms with van der Waals surface area (Å²) in [6, 6.07) is 15.0. The summed E-state index contributed by atoms with van der Waals surface area (Å²) in [6.07, 6.45) is 5.06. The summed E-state index contributed by atoms with van der Waals surface area (Å²) in [4.78, 5) is 27.9. The first-order chi connectivity index (χ1) is 15.6. The first-order valence-electron chi connectivity index (χ1n) is 11.0. The summed E-state index contributed by atoms with van der Waals surface area (Å²) in [6.45, 7) is 1.43. The summed E-state index contributed by atoms with van der Waals surface area (Å²) in [5.74, 6) is -0.710. The molecule has 0 aliphatic heterocycles. The standard InChI is InChI=1S/C24H30ClN3O4S/c1-18(24(30)26-21-12-6-7-13-21)27(16-19-9-4-3-5-10-19)23(29)17-28(33(2,31)32)22-14-8-11-20(25)15-22/h3-5,8-11,14-15,18,21H,6-7,12-13,16-17H2,1-2H3,(H,26,30)/t18-/m0/s1. The first kappa shape index (κ1) is 25.1. The van der Waals surface area contributed by atoms with Gasteiger partial charge in [-0.1, -0.05) is 60.8 Å². The largest absolute Gasteiger partial charge is 0.352 e. The molecule has 1 atom stereocenters. The third-order valence-electron chi connectivity index (χ3n) is 5.84. The van der Waals surface area contributed by atoms with Crippen molar-refractivity contribution in [3.05, 3.63) is 65.2 Å². The van der Waals surface area contributed by atoms with Crippen molar-refractivity contribution in [3.8, 4) is 0 Å². The Balaban J connectivity index is 1.85. The molecule has 2 aromatic rings. The lowest BCUT2D eigenvalue weighted by molar-refractivity contribution is -0.139. The minimum absolute atomic E-state index is 0.118.